The first-order valence-electron chi connectivity index (χ1n) is 9.05. The van der Waals surface area contributed by atoms with E-state index in [2.05, 4.69) is 5.18 Å². The number of amides is 1. The monoisotopic (exact) mass is 401 g/mol. The predicted molar refractivity (Wildman–Crippen MR) is 105 cm³/mol. The second kappa shape index (κ2) is 8.06. The maximum Gasteiger partial charge on any atom is 0.240 e. The summed E-state index contributed by atoms with van der Waals surface area (Å²) in [5.41, 5.74) is 1.22. The average molecular weight is 401 g/mol. The number of carbonyl (C=O) groups excluding carboxylic acids is 1. The number of phenolic OH excluding ortho intramolecular Hbond substituents is 3. The number of nitroso groups, excluding NO2 is 1. The molecule has 3 rings (SSSR count). The second-order valence-corrected chi connectivity index (χ2v) is 7.26. The summed E-state index contributed by atoms with van der Waals surface area (Å²) in [6.45, 7) is 0. The highest BCUT2D eigenvalue weighted by Gasteiger charge is 2.42. The SMILES string of the molecule is CN1C(=O)C(Cc2ccc(O)c(O)c2)N(C)C(O)C1Cc1ccc(N=O)c(O)c1. The zero-order valence-corrected chi connectivity index (χ0v) is 16.1. The van der Waals surface area contributed by atoms with Crippen molar-refractivity contribution in [3.8, 4) is 17.2 Å². The van der Waals surface area contributed by atoms with E-state index in [1.807, 2.05) is 0 Å². The van der Waals surface area contributed by atoms with Crippen LogP contribution < -0.4 is 0 Å². The van der Waals surface area contributed by atoms with Crippen LogP contribution >= 0.6 is 0 Å². The molecule has 154 valence electrons. The minimum atomic E-state index is -0.973. The van der Waals surface area contributed by atoms with E-state index in [0.29, 0.717) is 11.1 Å². The van der Waals surface area contributed by atoms with E-state index >= 15 is 0 Å². The Morgan fingerprint density at radius 2 is 1.55 bits per heavy atom. The van der Waals surface area contributed by atoms with Crippen LogP contribution in [0.15, 0.2) is 41.6 Å². The molecule has 0 aromatic heterocycles. The molecule has 0 spiro atoms. The van der Waals surface area contributed by atoms with Crippen molar-refractivity contribution in [3.63, 3.8) is 0 Å². The van der Waals surface area contributed by atoms with Crippen molar-refractivity contribution >= 4 is 11.6 Å². The van der Waals surface area contributed by atoms with Gasteiger partial charge in [-0.15, -0.1) is 4.91 Å². The molecule has 3 unspecified atom stereocenters. The number of hydrogen-bond acceptors (Lipinski definition) is 8. The maximum atomic E-state index is 13.0. The number of piperazine rings is 1. The van der Waals surface area contributed by atoms with Crippen LogP contribution in [-0.4, -0.2) is 68.5 Å². The van der Waals surface area contributed by atoms with E-state index in [1.54, 1.807) is 31.1 Å². The summed E-state index contributed by atoms with van der Waals surface area (Å²) in [5, 5.41) is 42.5. The van der Waals surface area contributed by atoms with Crippen LogP contribution in [-0.2, 0) is 17.6 Å². The van der Waals surface area contributed by atoms with Crippen molar-refractivity contribution in [1.82, 2.24) is 9.80 Å². The molecule has 2 aromatic carbocycles. The lowest BCUT2D eigenvalue weighted by molar-refractivity contribution is -0.162. The number of nitrogens with zero attached hydrogens (tertiary/aromatic N) is 3. The van der Waals surface area contributed by atoms with Gasteiger partial charge < -0.3 is 25.3 Å². The molecule has 0 saturated carbocycles. The van der Waals surface area contributed by atoms with Crippen LogP contribution in [0.3, 0.4) is 0 Å². The van der Waals surface area contributed by atoms with Gasteiger partial charge >= 0.3 is 0 Å². The van der Waals surface area contributed by atoms with Gasteiger partial charge in [0, 0.05) is 7.05 Å². The largest absolute Gasteiger partial charge is 0.506 e. The minimum absolute atomic E-state index is 0.0725. The highest BCUT2D eigenvalue weighted by molar-refractivity contribution is 5.83. The number of aliphatic hydroxyl groups is 1. The molecular weight excluding hydrogens is 378 g/mol. The third kappa shape index (κ3) is 4.01. The number of benzene rings is 2. The van der Waals surface area contributed by atoms with Gasteiger partial charge in [0.15, 0.2) is 11.5 Å². The smallest absolute Gasteiger partial charge is 0.240 e. The second-order valence-electron chi connectivity index (χ2n) is 7.26. The van der Waals surface area contributed by atoms with Crippen molar-refractivity contribution < 1.29 is 25.2 Å². The Kier molecular flexibility index (Phi) is 5.71. The Morgan fingerprint density at radius 3 is 2.17 bits per heavy atom. The van der Waals surface area contributed by atoms with Gasteiger partial charge in [-0.2, -0.15) is 0 Å². The summed E-state index contributed by atoms with van der Waals surface area (Å²) < 4.78 is 0. The Hall–Kier alpha value is -3.17. The van der Waals surface area contributed by atoms with Crippen LogP contribution in [0.1, 0.15) is 11.1 Å². The number of rotatable bonds is 5. The summed E-state index contributed by atoms with van der Waals surface area (Å²) in [6.07, 6.45) is -0.454. The Labute approximate surface area is 167 Å². The number of phenols is 3. The van der Waals surface area contributed by atoms with Gasteiger partial charge in [-0.3, -0.25) is 9.69 Å². The third-order valence-corrected chi connectivity index (χ3v) is 5.44. The van der Waals surface area contributed by atoms with Gasteiger partial charge in [0.2, 0.25) is 5.91 Å². The van der Waals surface area contributed by atoms with Crippen molar-refractivity contribution in [2.75, 3.05) is 14.1 Å². The quantitative estimate of drug-likeness (QED) is 0.440. The van der Waals surface area contributed by atoms with Gasteiger partial charge in [0.05, 0.1) is 12.1 Å². The average Bonchev–Trinajstić information content (AvgIpc) is 2.70. The summed E-state index contributed by atoms with van der Waals surface area (Å²) in [5.74, 6) is -0.970. The maximum absolute atomic E-state index is 13.0. The van der Waals surface area contributed by atoms with E-state index < -0.39 is 18.3 Å². The van der Waals surface area contributed by atoms with Gasteiger partial charge in [-0.05, 0) is 60.5 Å². The molecule has 9 heteroatoms. The molecule has 4 N–H and O–H groups in total. The molecule has 0 bridgehead atoms. The lowest BCUT2D eigenvalue weighted by atomic mass is 9.94. The van der Waals surface area contributed by atoms with E-state index in [1.165, 1.54) is 29.2 Å². The van der Waals surface area contributed by atoms with Gasteiger partial charge in [0.25, 0.3) is 0 Å². The van der Waals surface area contributed by atoms with E-state index in [9.17, 15) is 30.1 Å². The van der Waals surface area contributed by atoms with Crippen molar-refractivity contribution in [1.29, 1.82) is 0 Å². The topological polar surface area (TPSA) is 134 Å². The number of aromatic hydroxyl groups is 3. The van der Waals surface area contributed by atoms with Crippen LogP contribution in [0.25, 0.3) is 0 Å². The van der Waals surface area contributed by atoms with Crippen LogP contribution in [0.4, 0.5) is 5.69 Å². The van der Waals surface area contributed by atoms with Gasteiger partial charge in [-0.25, -0.2) is 0 Å². The minimum Gasteiger partial charge on any atom is -0.506 e. The van der Waals surface area contributed by atoms with Crippen LogP contribution in [0, 0.1) is 4.91 Å². The number of carbonyl (C=O) groups is 1. The molecule has 2 aromatic rings. The van der Waals surface area contributed by atoms with Crippen molar-refractivity contribution in [3.05, 3.63) is 52.4 Å². The van der Waals surface area contributed by atoms with E-state index in [-0.39, 0.29) is 41.7 Å². The predicted octanol–water partition coefficient (Wildman–Crippen LogP) is 1.45. The first kappa shape index (κ1) is 20.6. The first-order chi connectivity index (χ1) is 13.7. The molecule has 1 aliphatic heterocycles. The third-order valence-electron chi connectivity index (χ3n) is 5.44. The van der Waals surface area contributed by atoms with Gasteiger partial charge in [-0.1, -0.05) is 12.1 Å². The lowest BCUT2D eigenvalue weighted by Gasteiger charge is -2.46. The standard InChI is InChI=1S/C20H23N3O6/c1-22-14(7-11-3-5-13(21-29)17(25)9-11)19(27)23(2)15(20(22)28)8-12-4-6-16(24)18(26)10-12/h3-6,9-10,14-15,19,24-27H,7-8H2,1-2H3. The molecule has 1 fully saturated rings. The zero-order chi connectivity index (χ0) is 21.3. The summed E-state index contributed by atoms with van der Waals surface area (Å²) >= 11 is 0. The molecule has 29 heavy (non-hydrogen) atoms. The normalized spacial score (nSPS) is 22.7. The number of likely N-dealkylation sites (N-methyl/N-ethyl adjacent to an activating group) is 2. The fourth-order valence-corrected chi connectivity index (χ4v) is 3.64. The fraction of sp³-hybridized carbons (Fsp3) is 0.350. The Balaban J connectivity index is 1.79. The first-order valence-corrected chi connectivity index (χ1v) is 9.05. The van der Waals surface area contributed by atoms with E-state index in [0.717, 1.165) is 0 Å². The Bertz CT molecular complexity index is 934. The molecular formula is C20H23N3O6. The summed E-state index contributed by atoms with van der Waals surface area (Å²) in [4.78, 5) is 26.6. The highest BCUT2D eigenvalue weighted by atomic mass is 16.3. The molecule has 1 saturated heterocycles. The summed E-state index contributed by atoms with van der Waals surface area (Å²) in [7, 11) is 3.25. The molecule has 9 nitrogen and oxygen atoms in total. The molecule has 0 radical (unpaired) electrons. The van der Waals surface area contributed by atoms with Crippen LogP contribution in [0.2, 0.25) is 0 Å². The lowest BCUT2D eigenvalue weighted by Crippen LogP contribution is -2.65. The molecule has 1 aliphatic rings. The zero-order valence-electron chi connectivity index (χ0n) is 16.1. The van der Waals surface area contributed by atoms with Gasteiger partial charge in [0.1, 0.15) is 17.7 Å². The summed E-state index contributed by atoms with van der Waals surface area (Å²) in [6, 6.07) is 7.54. The molecule has 3 atom stereocenters. The molecule has 0 aliphatic carbocycles. The van der Waals surface area contributed by atoms with Crippen molar-refractivity contribution in [2.45, 2.75) is 31.2 Å². The fourth-order valence-electron chi connectivity index (χ4n) is 3.64. The van der Waals surface area contributed by atoms with E-state index in [4.69, 9.17) is 0 Å². The number of hydrogen-bond donors (Lipinski definition) is 4. The van der Waals surface area contributed by atoms with Crippen molar-refractivity contribution in [2.24, 2.45) is 5.18 Å². The van der Waals surface area contributed by atoms with Crippen LogP contribution in [0.5, 0.6) is 17.2 Å². The molecule has 1 amide bonds. The molecule has 1 heterocycles. The Morgan fingerprint density at radius 1 is 0.931 bits per heavy atom. The number of aliphatic hydroxyl groups excluding tert-OH is 1. The highest BCUT2D eigenvalue weighted by Crippen LogP contribution is 2.31.